The number of hydrogen-bond donors (Lipinski definition) is 0. The van der Waals surface area contributed by atoms with Gasteiger partial charge in [0.1, 0.15) is 11.4 Å². The summed E-state index contributed by atoms with van der Waals surface area (Å²) in [5.74, 6) is -0.227. The molecule has 0 aromatic heterocycles. The molecule has 1 aliphatic carbocycles. The molecule has 0 radical (unpaired) electrons. The largest absolute Gasteiger partial charge is 0.443 e. The Labute approximate surface area is 131 Å². The highest BCUT2D eigenvalue weighted by atomic mass is 19.1. The minimum absolute atomic E-state index is 0.0907. The lowest BCUT2D eigenvalue weighted by atomic mass is 9.71. The van der Waals surface area contributed by atoms with Crippen LogP contribution in [0.4, 0.5) is 14.9 Å². The van der Waals surface area contributed by atoms with Crippen molar-refractivity contribution in [2.45, 2.75) is 63.9 Å². The molecule has 3 rings (SSSR count). The number of benzene rings is 1. The highest BCUT2D eigenvalue weighted by Gasteiger charge is 2.46. The first kappa shape index (κ1) is 15.3. The molecule has 3 nitrogen and oxygen atoms in total. The monoisotopic (exact) mass is 305 g/mol. The molecule has 0 bridgehead atoms. The third kappa shape index (κ3) is 2.71. The Morgan fingerprint density at radius 2 is 1.91 bits per heavy atom. The van der Waals surface area contributed by atoms with E-state index in [0.29, 0.717) is 6.54 Å². The number of halogens is 1. The highest BCUT2D eigenvalue weighted by molar-refractivity contribution is 5.91. The zero-order chi connectivity index (χ0) is 16.0. The summed E-state index contributed by atoms with van der Waals surface area (Å²) in [4.78, 5) is 14.2. The fourth-order valence-electron chi connectivity index (χ4n) is 3.78. The van der Waals surface area contributed by atoms with E-state index in [1.165, 1.54) is 12.5 Å². The average molecular weight is 305 g/mol. The summed E-state index contributed by atoms with van der Waals surface area (Å²) >= 11 is 0. The summed E-state index contributed by atoms with van der Waals surface area (Å²) in [6.07, 6.45) is 5.20. The van der Waals surface area contributed by atoms with Crippen molar-refractivity contribution < 1.29 is 13.9 Å². The molecule has 1 heterocycles. The van der Waals surface area contributed by atoms with Crippen molar-refractivity contribution in [3.63, 3.8) is 0 Å². The van der Waals surface area contributed by atoms with Crippen LogP contribution in [0.25, 0.3) is 0 Å². The maximum Gasteiger partial charge on any atom is 0.414 e. The van der Waals surface area contributed by atoms with Crippen LogP contribution in [0.15, 0.2) is 18.2 Å². The molecule has 1 amide bonds. The highest BCUT2D eigenvalue weighted by Crippen LogP contribution is 2.49. The molecule has 0 N–H and O–H groups in total. The molecule has 1 aromatic rings. The van der Waals surface area contributed by atoms with E-state index in [9.17, 15) is 9.18 Å². The van der Waals surface area contributed by atoms with Gasteiger partial charge >= 0.3 is 6.09 Å². The van der Waals surface area contributed by atoms with Gasteiger partial charge in [-0.15, -0.1) is 0 Å². The van der Waals surface area contributed by atoms with Gasteiger partial charge in [-0.05, 0) is 57.4 Å². The van der Waals surface area contributed by atoms with Crippen LogP contribution in [-0.2, 0) is 10.2 Å². The summed E-state index contributed by atoms with van der Waals surface area (Å²) in [5.41, 5.74) is 1.18. The second kappa shape index (κ2) is 5.25. The number of amides is 1. The first-order valence-electron chi connectivity index (χ1n) is 8.11. The molecule has 4 heteroatoms. The summed E-state index contributed by atoms with van der Waals surface area (Å²) < 4.78 is 19.3. The van der Waals surface area contributed by atoms with Gasteiger partial charge in [0.2, 0.25) is 0 Å². The van der Waals surface area contributed by atoms with E-state index in [2.05, 4.69) is 0 Å². The molecule has 1 aliphatic heterocycles. The fraction of sp³-hybridized carbons (Fsp3) is 0.611. The second-order valence-electron chi connectivity index (χ2n) is 7.57. The van der Waals surface area contributed by atoms with E-state index in [1.807, 2.05) is 20.8 Å². The number of nitrogens with zero attached hydrogens (tertiary/aromatic N) is 1. The summed E-state index contributed by atoms with van der Waals surface area (Å²) in [5, 5.41) is 0. The number of hydrogen-bond acceptors (Lipinski definition) is 2. The maximum absolute atomic E-state index is 13.8. The Balaban J connectivity index is 1.97. The predicted octanol–water partition coefficient (Wildman–Crippen LogP) is 4.78. The summed E-state index contributed by atoms with van der Waals surface area (Å²) in [6, 6.07) is 4.76. The minimum atomic E-state index is -0.528. The second-order valence-corrected chi connectivity index (χ2v) is 7.57. The van der Waals surface area contributed by atoms with Crippen molar-refractivity contribution >= 4 is 11.8 Å². The number of rotatable bonds is 0. The zero-order valence-electron chi connectivity index (χ0n) is 13.6. The number of anilines is 1. The smallest absolute Gasteiger partial charge is 0.414 e. The van der Waals surface area contributed by atoms with Gasteiger partial charge in [0.15, 0.2) is 0 Å². The normalized spacial score (nSPS) is 20.1. The molecule has 0 unspecified atom stereocenters. The Kier molecular flexibility index (Phi) is 3.66. The van der Waals surface area contributed by atoms with Crippen LogP contribution < -0.4 is 4.90 Å². The van der Waals surface area contributed by atoms with Crippen LogP contribution in [0.2, 0.25) is 0 Å². The van der Waals surface area contributed by atoms with Gasteiger partial charge in [-0.25, -0.2) is 9.18 Å². The molecule has 0 saturated heterocycles. The van der Waals surface area contributed by atoms with Crippen LogP contribution in [0, 0.1) is 5.82 Å². The van der Waals surface area contributed by atoms with Crippen molar-refractivity contribution in [3.05, 3.63) is 29.6 Å². The van der Waals surface area contributed by atoms with Gasteiger partial charge in [0, 0.05) is 12.0 Å². The van der Waals surface area contributed by atoms with Crippen LogP contribution in [0.5, 0.6) is 0 Å². The van der Waals surface area contributed by atoms with E-state index in [-0.39, 0.29) is 17.3 Å². The Morgan fingerprint density at radius 3 is 2.55 bits per heavy atom. The molecule has 1 spiro atoms. The lowest BCUT2D eigenvalue weighted by molar-refractivity contribution is 0.0575. The lowest BCUT2D eigenvalue weighted by Gasteiger charge is -2.34. The van der Waals surface area contributed by atoms with E-state index in [0.717, 1.165) is 36.9 Å². The van der Waals surface area contributed by atoms with E-state index in [4.69, 9.17) is 4.74 Å². The van der Waals surface area contributed by atoms with E-state index in [1.54, 1.807) is 17.0 Å². The molecule has 22 heavy (non-hydrogen) atoms. The van der Waals surface area contributed by atoms with Crippen molar-refractivity contribution in [1.29, 1.82) is 0 Å². The molecule has 120 valence electrons. The van der Waals surface area contributed by atoms with E-state index >= 15 is 0 Å². The third-order valence-corrected chi connectivity index (χ3v) is 4.71. The molecule has 1 saturated carbocycles. The molecule has 2 aliphatic rings. The average Bonchev–Trinajstić information content (AvgIpc) is 2.72. The number of carbonyl (C=O) groups excluding carboxylic acids is 1. The topological polar surface area (TPSA) is 29.5 Å². The molecular weight excluding hydrogens is 281 g/mol. The molecule has 0 atom stereocenters. The molecule has 1 fully saturated rings. The van der Waals surface area contributed by atoms with Crippen molar-refractivity contribution in [2.75, 3.05) is 11.4 Å². The predicted molar refractivity (Wildman–Crippen MR) is 84.7 cm³/mol. The summed E-state index contributed by atoms with van der Waals surface area (Å²) in [6.45, 7) is 6.20. The lowest BCUT2D eigenvalue weighted by Crippen LogP contribution is -2.41. The number of carbonyl (C=O) groups is 1. The number of ether oxygens (including phenoxy) is 1. The van der Waals surface area contributed by atoms with Crippen LogP contribution in [-0.4, -0.2) is 18.2 Å². The van der Waals surface area contributed by atoms with Crippen molar-refractivity contribution in [3.8, 4) is 0 Å². The van der Waals surface area contributed by atoms with Crippen LogP contribution >= 0.6 is 0 Å². The first-order valence-corrected chi connectivity index (χ1v) is 8.11. The first-order chi connectivity index (χ1) is 10.3. The number of fused-ring (bicyclic) bond motifs is 2. The quantitative estimate of drug-likeness (QED) is 0.690. The van der Waals surface area contributed by atoms with Crippen LogP contribution in [0.1, 0.15) is 58.4 Å². The van der Waals surface area contributed by atoms with Gasteiger partial charge in [-0.1, -0.05) is 19.3 Å². The van der Waals surface area contributed by atoms with Gasteiger partial charge in [0.25, 0.3) is 0 Å². The van der Waals surface area contributed by atoms with E-state index < -0.39 is 5.60 Å². The van der Waals surface area contributed by atoms with Crippen LogP contribution in [0.3, 0.4) is 0 Å². The Hall–Kier alpha value is -1.58. The SMILES string of the molecule is CC(C)(C)OC(=O)N1CC2(CCCCC2)c2cc(F)ccc21. The minimum Gasteiger partial charge on any atom is -0.443 e. The maximum atomic E-state index is 13.8. The third-order valence-electron chi connectivity index (χ3n) is 4.71. The Morgan fingerprint density at radius 1 is 1.23 bits per heavy atom. The fourth-order valence-corrected chi connectivity index (χ4v) is 3.78. The Bertz CT molecular complexity index is 585. The standard InChI is InChI=1S/C18H24FNO2/c1-17(2,3)22-16(21)20-12-18(9-5-4-6-10-18)14-11-13(19)7-8-15(14)20/h7-8,11H,4-6,9-10,12H2,1-3H3. The van der Waals surface area contributed by atoms with Gasteiger partial charge < -0.3 is 4.74 Å². The van der Waals surface area contributed by atoms with Gasteiger partial charge in [-0.2, -0.15) is 0 Å². The zero-order valence-corrected chi connectivity index (χ0v) is 13.6. The van der Waals surface area contributed by atoms with Crippen molar-refractivity contribution in [1.82, 2.24) is 0 Å². The van der Waals surface area contributed by atoms with Crippen molar-refractivity contribution in [2.24, 2.45) is 0 Å². The van der Waals surface area contributed by atoms with Gasteiger partial charge in [-0.3, -0.25) is 4.90 Å². The summed E-state index contributed by atoms with van der Waals surface area (Å²) in [7, 11) is 0. The van der Waals surface area contributed by atoms with Gasteiger partial charge in [0.05, 0.1) is 5.69 Å². The molecular formula is C18H24FNO2. The molecule has 1 aromatic carbocycles.